The summed E-state index contributed by atoms with van der Waals surface area (Å²) in [5.74, 6) is 0.587. The molecule has 0 radical (unpaired) electrons. The highest BCUT2D eigenvalue weighted by Crippen LogP contribution is 2.32. The standard InChI is InChI=1S/C54H84O2/c1-41(2)22-13-23-42(3)24-14-25-43(4)26-15-27-44(5)28-16-29-45(6)30-17-31-46(7)32-18-33-47(8)34-19-35-48(9)36-20-37-49(10)38-21-39-52-40-53(55)50(11)51(12)54(52)56/h22,24,26,28,30,32,34,36,38,40,55-56H,13-21,23,25,27,29,31,33,35,37,39H2,1-12H3. The predicted octanol–water partition coefficient (Wildman–Crippen LogP) is 17.4. The van der Waals surface area contributed by atoms with Gasteiger partial charge in [-0.3, -0.25) is 0 Å². The van der Waals surface area contributed by atoms with E-state index in [0.717, 1.165) is 100 Å². The Balaban J connectivity index is 2.26. The lowest BCUT2D eigenvalue weighted by atomic mass is 9.99. The van der Waals surface area contributed by atoms with Crippen LogP contribution < -0.4 is 0 Å². The smallest absolute Gasteiger partial charge is 0.122 e. The van der Waals surface area contributed by atoms with Crippen molar-refractivity contribution in [3.8, 4) is 11.5 Å². The SMILES string of the molecule is CC(C)=CCCC(C)=CCCC(C)=CCCC(C)=CCCC(C)=CCCC(C)=CCCC(C)=CCCC(C)=CCCC(C)=CCCc1cc(O)c(C)c(C)c1O. The zero-order chi connectivity index (χ0) is 41.9. The largest absolute Gasteiger partial charge is 0.508 e. The maximum Gasteiger partial charge on any atom is 0.122 e. The van der Waals surface area contributed by atoms with Crippen molar-refractivity contribution in [1.82, 2.24) is 0 Å². The summed E-state index contributed by atoms with van der Waals surface area (Å²) in [7, 11) is 0. The van der Waals surface area contributed by atoms with Crippen LogP contribution in [0.15, 0.2) is 111 Å². The van der Waals surface area contributed by atoms with Crippen molar-refractivity contribution in [3.05, 3.63) is 128 Å². The van der Waals surface area contributed by atoms with Crippen molar-refractivity contribution >= 4 is 0 Å². The van der Waals surface area contributed by atoms with Gasteiger partial charge in [0.15, 0.2) is 0 Å². The van der Waals surface area contributed by atoms with Gasteiger partial charge in [0.05, 0.1) is 0 Å². The zero-order valence-electron chi connectivity index (χ0n) is 38.4. The average molecular weight is 765 g/mol. The first-order chi connectivity index (χ1) is 26.6. The van der Waals surface area contributed by atoms with Gasteiger partial charge in [0, 0.05) is 0 Å². The summed E-state index contributed by atoms with van der Waals surface area (Å²) in [5, 5.41) is 20.5. The predicted molar refractivity (Wildman–Crippen MR) is 251 cm³/mol. The molecule has 1 aromatic rings. The minimum atomic E-state index is 0.267. The number of phenolic OH excluding ortho intramolecular Hbond substituents is 2. The number of hydrogen-bond donors (Lipinski definition) is 2. The van der Waals surface area contributed by atoms with Gasteiger partial charge in [-0.1, -0.05) is 105 Å². The molecule has 1 rings (SSSR count). The Morgan fingerprint density at radius 2 is 0.625 bits per heavy atom. The van der Waals surface area contributed by atoms with Gasteiger partial charge in [-0.15, -0.1) is 0 Å². The van der Waals surface area contributed by atoms with E-state index in [-0.39, 0.29) is 5.75 Å². The van der Waals surface area contributed by atoms with Crippen LogP contribution in [0.5, 0.6) is 11.5 Å². The van der Waals surface area contributed by atoms with Crippen LogP contribution in [-0.4, -0.2) is 10.2 Å². The minimum absolute atomic E-state index is 0.267. The third kappa shape index (κ3) is 24.9. The Morgan fingerprint density at radius 1 is 0.375 bits per heavy atom. The second kappa shape index (κ2) is 29.7. The van der Waals surface area contributed by atoms with Crippen molar-refractivity contribution < 1.29 is 10.2 Å². The first-order valence-corrected chi connectivity index (χ1v) is 22.0. The fourth-order valence-corrected chi connectivity index (χ4v) is 6.85. The van der Waals surface area contributed by atoms with E-state index >= 15 is 0 Å². The lowest BCUT2D eigenvalue weighted by Crippen LogP contribution is -1.92. The molecule has 1 aromatic carbocycles. The molecule has 0 saturated heterocycles. The van der Waals surface area contributed by atoms with Gasteiger partial charge in [0.1, 0.15) is 11.5 Å². The molecular weight excluding hydrogens is 681 g/mol. The van der Waals surface area contributed by atoms with Crippen LogP contribution in [0, 0.1) is 13.8 Å². The molecule has 0 aliphatic carbocycles. The normalized spacial score (nSPS) is 14.2. The van der Waals surface area contributed by atoms with E-state index in [0.29, 0.717) is 5.75 Å². The molecular formula is C54H84O2. The monoisotopic (exact) mass is 765 g/mol. The topological polar surface area (TPSA) is 40.5 Å². The molecule has 2 heteroatoms. The number of rotatable bonds is 27. The van der Waals surface area contributed by atoms with Gasteiger partial charge in [-0.25, -0.2) is 0 Å². The summed E-state index contributed by atoms with van der Waals surface area (Å²) in [6.07, 6.45) is 41.5. The number of aryl methyl sites for hydroxylation is 1. The lowest BCUT2D eigenvalue weighted by molar-refractivity contribution is 0.447. The molecule has 0 aliphatic heterocycles. The van der Waals surface area contributed by atoms with Crippen molar-refractivity contribution in [1.29, 1.82) is 0 Å². The van der Waals surface area contributed by atoms with Crippen molar-refractivity contribution in [2.24, 2.45) is 0 Å². The van der Waals surface area contributed by atoms with Crippen LogP contribution in [0.1, 0.15) is 195 Å². The second-order valence-electron chi connectivity index (χ2n) is 17.2. The van der Waals surface area contributed by atoms with Gasteiger partial charge in [-0.2, -0.15) is 0 Å². The van der Waals surface area contributed by atoms with E-state index in [4.69, 9.17) is 0 Å². The molecule has 0 atom stereocenters. The first-order valence-electron chi connectivity index (χ1n) is 22.0. The van der Waals surface area contributed by atoms with E-state index in [9.17, 15) is 10.2 Å². The molecule has 0 spiro atoms. The van der Waals surface area contributed by atoms with Crippen LogP contribution in [0.2, 0.25) is 0 Å². The van der Waals surface area contributed by atoms with Crippen molar-refractivity contribution in [2.75, 3.05) is 0 Å². The van der Waals surface area contributed by atoms with Crippen LogP contribution in [0.4, 0.5) is 0 Å². The van der Waals surface area contributed by atoms with Crippen molar-refractivity contribution in [3.63, 3.8) is 0 Å². The summed E-state index contributed by atoms with van der Waals surface area (Å²) in [5.41, 5.74) is 15.7. The van der Waals surface area contributed by atoms with Crippen molar-refractivity contribution in [2.45, 2.75) is 199 Å². The highest BCUT2D eigenvalue weighted by Gasteiger charge is 2.10. The van der Waals surface area contributed by atoms with Crippen LogP contribution in [-0.2, 0) is 6.42 Å². The lowest BCUT2D eigenvalue weighted by Gasteiger charge is -2.11. The van der Waals surface area contributed by atoms with Crippen LogP contribution in [0.25, 0.3) is 0 Å². The molecule has 0 fully saturated rings. The Kier molecular flexibility index (Phi) is 26.8. The molecule has 0 aromatic heterocycles. The summed E-state index contributed by atoms with van der Waals surface area (Å²) in [6.45, 7) is 26.2. The molecule has 0 unspecified atom stereocenters. The number of hydrogen-bond acceptors (Lipinski definition) is 2. The Labute approximate surface area is 346 Å². The van der Waals surface area contributed by atoms with Crippen LogP contribution in [0.3, 0.4) is 0 Å². The first kappa shape index (κ1) is 50.5. The van der Waals surface area contributed by atoms with E-state index < -0.39 is 0 Å². The van der Waals surface area contributed by atoms with Gasteiger partial charge in [0.25, 0.3) is 0 Å². The highest BCUT2D eigenvalue weighted by molar-refractivity contribution is 5.51. The second-order valence-corrected chi connectivity index (χ2v) is 17.2. The Morgan fingerprint density at radius 3 is 0.893 bits per heavy atom. The van der Waals surface area contributed by atoms with E-state index in [1.807, 2.05) is 13.8 Å². The molecule has 56 heavy (non-hydrogen) atoms. The molecule has 0 bridgehead atoms. The molecule has 0 saturated carbocycles. The number of benzene rings is 1. The minimum Gasteiger partial charge on any atom is -0.508 e. The molecule has 0 aliphatic rings. The van der Waals surface area contributed by atoms with Gasteiger partial charge in [0.2, 0.25) is 0 Å². The zero-order valence-corrected chi connectivity index (χ0v) is 38.4. The number of allylic oxidation sites excluding steroid dienone is 18. The molecule has 0 amide bonds. The van der Waals surface area contributed by atoms with E-state index in [1.165, 1.54) is 82.3 Å². The summed E-state index contributed by atoms with van der Waals surface area (Å²) >= 11 is 0. The maximum absolute atomic E-state index is 10.4. The maximum atomic E-state index is 10.4. The molecule has 0 heterocycles. The fraction of sp³-hybridized carbons (Fsp3) is 0.556. The number of aromatic hydroxyl groups is 2. The van der Waals surface area contributed by atoms with Gasteiger partial charge in [-0.05, 0) is 221 Å². The van der Waals surface area contributed by atoms with Gasteiger partial charge < -0.3 is 10.2 Å². The van der Waals surface area contributed by atoms with Crippen LogP contribution >= 0.6 is 0 Å². The van der Waals surface area contributed by atoms with Gasteiger partial charge >= 0.3 is 0 Å². The third-order valence-electron chi connectivity index (χ3n) is 11.1. The Hall–Kier alpha value is -3.52. The average Bonchev–Trinajstić information content (AvgIpc) is 3.12. The Bertz CT molecular complexity index is 1600. The molecule has 312 valence electrons. The number of phenols is 2. The third-order valence-corrected chi connectivity index (χ3v) is 11.1. The summed E-state index contributed by atoms with van der Waals surface area (Å²) < 4.78 is 0. The highest BCUT2D eigenvalue weighted by atomic mass is 16.3. The van der Waals surface area contributed by atoms with E-state index in [1.54, 1.807) is 6.07 Å². The molecule has 2 nitrogen and oxygen atoms in total. The summed E-state index contributed by atoms with van der Waals surface area (Å²) in [4.78, 5) is 0. The van der Waals surface area contributed by atoms with E-state index in [2.05, 4.69) is 124 Å². The summed E-state index contributed by atoms with van der Waals surface area (Å²) in [6, 6.07) is 1.71. The fourth-order valence-electron chi connectivity index (χ4n) is 6.85. The quantitative estimate of drug-likeness (QED) is 0.0692. The molecule has 2 N–H and O–H groups in total.